The molecule has 1 aromatic heterocycles. The Hall–Kier alpha value is -3.62. The summed E-state index contributed by atoms with van der Waals surface area (Å²) in [5, 5.41) is 9.27. The third-order valence-electron chi connectivity index (χ3n) is 3.86. The summed E-state index contributed by atoms with van der Waals surface area (Å²) in [4.78, 5) is 16.5. The van der Waals surface area contributed by atoms with Crippen LogP contribution in [0.15, 0.2) is 40.9 Å². The number of nitrogens with zero attached hydrogens (tertiary/aromatic N) is 2. The monoisotopic (exact) mass is 370 g/mol. The number of amides is 1. The minimum atomic E-state index is -0.465. The van der Waals surface area contributed by atoms with Gasteiger partial charge in [-0.25, -0.2) is 4.39 Å². The van der Waals surface area contributed by atoms with Crippen LogP contribution in [0.2, 0.25) is 0 Å². The number of ether oxygens (including phenoxy) is 2. The minimum absolute atomic E-state index is 0.132. The zero-order valence-corrected chi connectivity index (χ0v) is 14.3. The first-order chi connectivity index (χ1) is 13.1. The van der Waals surface area contributed by atoms with Crippen LogP contribution in [0.1, 0.15) is 22.1 Å². The van der Waals surface area contributed by atoms with E-state index in [2.05, 4.69) is 20.8 Å². The SMILES string of the molecule is Cc1noc(CNc2cc(NC(=O)c3ccc4c(c3)OCO4)ccc2F)n1. The lowest BCUT2D eigenvalue weighted by Crippen LogP contribution is -2.12. The van der Waals surface area contributed by atoms with E-state index in [0.717, 1.165) is 0 Å². The standard InChI is InChI=1S/C18H15FN4O4/c1-10-21-17(27-23-10)8-20-14-7-12(3-4-13(14)19)22-18(24)11-2-5-15-16(6-11)26-9-25-15/h2-7,20H,8-9H2,1H3,(H,22,24). The Labute approximate surface area is 153 Å². The molecule has 4 rings (SSSR count). The molecule has 3 aromatic rings. The van der Waals surface area contributed by atoms with E-state index in [1.54, 1.807) is 25.1 Å². The minimum Gasteiger partial charge on any atom is -0.454 e. The van der Waals surface area contributed by atoms with Crippen molar-refractivity contribution in [3.05, 3.63) is 59.5 Å². The van der Waals surface area contributed by atoms with Crippen LogP contribution >= 0.6 is 0 Å². The number of hydrogen-bond donors (Lipinski definition) is 2. The molecule has 1 aliphatic heterocycles. The van der Waals surface area contributed by atoms with Crippen molar-refractivity contribution in [2.75, 3.05) is 17.4 Å². The highest BCUT2D eigenvalue weighted by Gasteiger charge is 2.16. The van der Waals surface area contributed by atoms with Crippen LogP contribution in [0.3, 0.4) is 0 Å². The van der Waals surface area contributed by atoms with Crippen LogP contribution in [-0.4, -0.2) is 22.8 Å². The number of aryl methyl sites for hydroxylation is 1. The van der Waals surface area contributed by atoms with Crippen LogP contribution in [0.25, 0.3) is 0 Å². The molecule has 2 aromatic carbocycles. The summed E-state index contributed by atoms with van der Waals surface area (Å²) in [7, 11) is 0. The van der Waals surface area contributed by atoms with Gasteiger partial charge in [-0.2, -0.15) is 4.98 Å². The Bertz CT molecular complexity index is 1000. The second-order valence-corrected chi connectivity index (χ2v) is 5.81. The van der Waals surface area contributed by atoms with Gasteiger partial charge in [-0.05, 0) is 43.3 Å². The average Bonchev–Trinajstić information content (AvgIpc) is 3.30. The number of nitrogens with one attached hydrogen (secondary N) is 2. The maximum atomic E-state index is 14.0. The lowest BCUT2D eigenvalue weighted by atomic mass is 10.2. The average molecular weight is 370 g/mol. The van der Waals surface area contributed by atoms with Gasteiger partial charge in [0.05, 0.1) is 12.2 Å². The van der Waals surface area contributed by atoms with E-state index in [4.69, 9.17) is 14.0 Å². The van der Waals surface area contributed by atoms with Crippen molar-refractivity contribution < 1.29 is 23.2 Å². The summed E-state index contributed by atoms with van der Waals surface area (Å²) in [5.41, 5.74) is 1.04. The van der Waals surface area contributed by atoms with Gasteiger partial charge in [0.15, 0.2) is 17.3 Å². The lowest BCUT2D eigenvalue weighted by Gasteiger charge is -2.10. The maximum Gasteiger partial charge on any atom is 0.255 e. The van der Waals surface area contributed by atoms with Crippen molar-refractivity contribution >= 4 is 17.3 Å². The van der Waals surface area contributed by atoms with E-state index in [1.165, 1.54) is 18.2 Å². The molecule has 8 nitrogen and oxygen atoms in total. The molecule has 1 aliphatic rings. The third-order valence-corrected chi connectivity index (χ3v) is 3.86. The molecule has 0 radical (unpaired) electrons. The maximum absolute atomic E-state index is 14.0. The first-order valence-corrected chi connectivity index (χ1v) is 8.12. The number of aromatic nitrogens is 2. The molecular formula is C18H15FN4O4. The Morgan fingerprint density at radius 3 is 2.85 bits per heavy atom. The predicted octanol–water partition coefficient (Wildman–Crippen LogP) is 3.11. The Morgan fingerprint density at radius 2 is 2.04 bits per heavy atom. The van der Waals surface area contributed by atoms with Gasteiger partial charge in [0.25, 0.3) is 5.91 Å². The molecule has 0 fully saturated rings. The number of rotatable bonds is 5. The second-order valence-electron chi connectivity index (χ2n) is 5.81. The third kappa shape index (κ3) is 3.66. The van der Waals surface area contributed by atoms with E-state index >= 15 is 0 Å². The summed E-state index contributed by atoms with van der Waals surface area (Å²) in [5.74, 6) is 1.12. The van der Waals surface area contributed by atoms with Gasteiger partial charge in [0, 0.05) is 11.3 Å². The molecule has 0 bridgehead atoms. The van der Waals surface area contributed by atoms with Crippen LogP contribution < -0.4 is 20.1 Å². The number of carbonyl (C=O) groups excluding carboxylic acids is 1. The Balaban J connectivity index is 1.46. The molecular weight excluding hydrogens is 355 g/mol. The van der Waals surface area contributed by atoms with Crippen molar-refractivity contribution in [1.29, 1.82) is 0 Å². The van der Waals surface area contributed by atoms with Crippen LogP contribution in [0, 0.1) is 12.7 Å². The zero-order valence-electron chi connectivity index (χ0n) is 14.3. The summed E-state index contributed by atoms with van der Waals surface area (Å²) in [6, 6.07) is 9.12. The van der Waals surface area contributed by atoms with E-state index in [0.29, 0.717) is 34.5 Å². The van der Waals surface area contributed by atoms with Gasteiger partial charge >= 0.3 is 0 Å². The van der Waals surface area contributed by atoms with Gasteiger partial charge in [0.1, 0.15) is 5.82 Å². The quantitative estimate of drug-likeness (QED) is 0.712. The molecule has 0 aliphatic carbocycles. The van der Waals surface area contributed by atoms with Crippen molar-refractivity contribution in [2.45, 2.75) is 13.5 Å². The zero-order chi connectivity index (χ0) is 18.8. The number of anilines is 2. The van der Waals surface area contributed by atoms with Gasteiger partial charge in [0.2, 0.25) is 12.7 Å². The predicted molar refractivity (Wildman–Crippen MR) is 93.3 cm³/mol. The highest BCUT2D eigenvalue weighted by molar-refractivity contribution is 6.04. The normalized spacial score (nSPS) is 12.1. The number of benzene rings is 2. The molecule has 138 valence electrons. The molecule has 2 heterocycles. The molecule has 0 saturated carbocycles. The van der Waals surface area contributed by atoms with E-state index in [1.807, 2.05) is 0 Å². The van der Waals surface area contributed by atoms with Crippen LogP contribution in [0.5, 0.6) is 11.5 Å². The first kappa shape index (κ1) is 16.8. The van der Waals surface area contributed by atoms with Gasteiger partial charge in [-0.1, -0.05) is 5.16 Å². The fourth-order valence-electron chi connectivity index (χ4n) is 2.56. The Kier molecular flexibility index (Phi) is 4.33. The van der Waals surface area contributed by atoms with Crippen LogP contribution in [-0.2, 0) is 6.54 Å². The van der Waals surface area contributed by atoms with Crippen molar-refractivity contribution in [3.63, 3.8) is 0 Å². The topological polar surface area (TPSA) is 98.5 Å². The molecule has 0 saturated heterocycles. The van der Waals surface area contributed by atoms with Gasteiger partial charge in [-0.15, -0.1) is 0 Å². The summed E-state index contributed by atoms with van der Waals surface area (Å²) in [6.45, 7) is 1.99. The lowest BCUT2D eigenvalue weighted by molar-refractivity contribution is 0.102. The number of carbonyl (C=O) groups is 1. The van der Waals surface area contributed by atoms with Crippen molar-refractivity contribution in [1.82, 2.24) is 10.1 Å². The largest absolute Gasteiger partial charge is 0.454 e. The Morgan fingerprint density at radius 1 is 1.19 bits per heavy atom. The highest BCUT2D eigenvalue weighted by Crippen LogP contribution is 2.32. The summed E-state index contributed by atoms with van der Waals surface area (Å²) < 4.78 is 29.5. The number of fused-ring (bicyclic) bond motifs is 1. The van der Waals surface area contributed by atoms with Crippen molar-refractivity contribution in [3.8, 4) is 11.5 Å². The fraction of sp³-hybridized carbons (Fsp3) is 0.167. The van der Waals surface area contributed by atoms with Gasteiger partial charge in [-0.3, -0.25) is 4.79 Å². The van der Waals surface area contributed by atoms with Gasteiger partial charge < -0.3 is 24.6 Å². The summed E-state index contributed by atoms with van der Waals surface area (Å²) in [6.07, 6.45) is 0. The molecule has 27 heavy (non-hydrogen) atoms. The van der Waals surface area contributed by atoms with E-state index < -0.39 is 5.82 Å². The molecule has 9 heteroatoms. The first-order valence-electron chi connectivity index (χ1n) is 8.12. The molecule has 1 amide bonds. The van der Waals surface area contributed by atoms with Crippen molar-refractivity contribution in [2.24, 2.45) is 0 Å². The molecule has 0 unspecified atom stereocenters. The number of halogens is 1. The smallest absolute Gasteiger partial charge is 0.255 e. The highest BCUT2D eigenvalue weighted by atomic mass is 19.1. The molecule has 2 N–H and O–H groups in total. The van der Waals surface area contributed by atoms with Crippen LogP contribution in [0.4, 0.5) is 15.8 Å². The fourth-order valence-corrected chi connectivity index (χ4v) is 2.56. The van der Waals surface area contributed by atoms with E-state index in [9.17, 15) is 9.18 Å². The summed E-state index contributed by atoms with van der Waals surface area (Å²) >= 11 is 0. The molecule has 0 spiro atoms. The second kappa shape index (κ2) is 6.94. The molecule has 0 atom stereocenters. The number of hydrogen-bond acceptors (Lipinski definition) is 7. The van der Waals surface area contributed by atoms with E-state index in [-0.39, 0.29) is 24.9 Å².